The molecule has 1 aromatic carbocycles. The molecular formula is C16H17NO4. The molecule has 110 valence electrons. The fourth-order valence-corrected chi connectivity index (χ4v) is 3.69. The van der Waals surface area contributed by atoms with Crippen molar-refractivity contribution in [2.45, 2.75) is 37.3 Å². The van der Waals surface area contributed by atoms with Crippen LogP contribution in [0.2, 0.25) is 0 Å². The Bertz CT molecular complexity index is 553. The maximum atomic E-state index is 12.2. The molecule has 3 aliphatic rings. The van der Waals surface area contributed by atoms with E-state index in [1.165, 1.54) is 0 Å². The first-order chi connectivity index (χ1) is 10.2. The minimum Gasteiger partial charge on any atom is -0.347 e. The number of ether oxygens (including phenoxy) is 2. The number of benzene rings is 1. The van der Waals surface area contributed by atoms with Crippen LogP contribution in [-0.4, -0.2) is 47.6 Å². The molecule has 3 saturated heterocycles. The van der Waals surface area contributed by atoms with Gasteiger partial charge < -0.3 is 9.47 Å². The van der Waals surface area contributed by atoms with Gasteiger partial charge in [-0.25, -0.2) is 0 Å². The standard InChI is InChI=1S/C16H17NO4/c18-14-12-8-16(20-6-7-21-16)9-13(15(14)19)17(12)10-11-4-2-1-3-5-11/h1-5,12-13H,6-10H2/t12-,13-/m0/s1. The minimum atomic E-state index is -0.718. The average Bonchev–Trinajstić information content (AvgIpc) is 3.00. The lowest BCUT2D eigenvalue weighted by Gasteiger charge is -2.41. The summed E-state index contributed by atoms with van der Waals surface area (Å²) in [6.07, 6.45) is 0.918. The second-order valence-corrected chi connectivity index (χ2v) is 5.93. The second-order valence-electron chi connectivity index (χ2n) is 5.93. The van der Waals surface area contributed by atoms with Gasteiger partial charge in [0.05, 0.1) is 25.3 Å². The molecular weight excluding hydrogens is 270 g/mol. The van der Waals surface area contributed by atoms with Gasteiger partial charge in [0.25, 0.3) is 0 Å². The van der Waals surface area contributed by atoms with Crippen LogP contribution in [0, 0.1) is 0 Å². The van der Waals surface area contributed by atoms with Gasteiger partial charge >= 0.3 is 0 Å². The smallest absolute Gasteiger partial charge is 0.217 e. The number of carbonyl (C=O) groups excluding carboxylic acids is 2. The molecule has 0 amide bonds. The van der Waals surface area contributed by atoms with Crippen LogP contribution in [0.3, 0.4) is 0 Å². The molecule has 0 aromatic heterocycles. The number of Topliss-reactive ketones (excluding diaryl/α,β-unsaturated/α-hetero) is 2. The monoisotopic (exact) mass is 287 g/mol. The van der Waals surface area contributed by atoms with E-state index in [4.69, 9.17) is 9.47 Å². The molecule has 3 fully saturated rings. The highest BCUT2D eigenvalue weighted by Crippen LogP contribution is 2.42. The maximum Gasteiger partial charge on any atom is 0.217 e. The summed E-state index contributed by atoms with van der Waals surface area (Å²) in [4.78, 5) is 26.5. The summed E-state index contributed by atoms with van der Waals surface area (Å²) in [5.41, 5.74) is 1.11. The van der Waals surface area contributed by atoms with E-state index in [0.717, 1.165) is 5.56 Å². The van der Waals surface area contributed by atoms with Crippen molar-refractivity contribution < 1.29 is 19.1 Å². The van der Waals surface area contributed by atoms with Crippen LogP contribution < -0.4 is 0 Å². The lowest BCUT2D eigenvalue weighted by molar-refractivity contribution is -0.200. The van der Waals surface area contributed by atoms with E-state index >= 15 is 0 Å². The van der Waals surface area contributed by atoms with Crippen molar-refractivity contribution in [1.29, 1.82) is 0 Å². The Morgan fingerprint density at radius 3 is 2.14 bits per heavy atom. The zero-order chi connectivity index (χ0) is 14.4. The SMILES string of the molecule is O=C1C(=O)[C@@H]2CC3(C[C@@H]1N2Cc1ccccc1)OCCO3. The first-order valence-corrected chi connectivity index (χ1v) is 7.34. The Kier molecular flexibility index (Phi) is 2.96. The maximum absolute atomic E-state index is 12.2. The van der Waals surface area contributed by atoms with E-state index in [2.05, 4.69) is 0 Å². The molecule has 0 aliphatic carbocycles. The van der Waals surface area contributed by atoms with Gasteiger partial charge in [0.15, 0.2) is 5.79 Å². The fourth-order valence-electron chi connectivity index (χ4n) is 3.69. The number of nitrogens with zero attached hydrogens (tertiary/aromatic N) is 1. The molecule has 0 unspecified atom stereocenters. The van der Waals surface area contributed by atoms with Crippen molar-refractivity contribution >= 4 is 11.6 Å². The van der Waals surface area contributed by atoms with E-state index < -0.39 is 17.9 Å². The molecule has 3 aliphatic heterocycles. The normalized spacial score (nSPS) is 31.2. The molecule has 3 heterocycles. The number of rotatable bonds is 2. The molecule has 5 nitrogen and oxygen atoms in total. The van der Waals surface area contributed by atoms with Crippen LogP contribution in [0.15, 0.2) is 30.3 Å². The Balaban J connectivity index is 1.62. The number of hydrogen-bond acceptors (Lipinski definition) is 5. The van der Waals surface area contributed by atoms with Gasteiger partial charge in [0.1, 0.15) is 0 Å². The topological polar surface area (TPSA) is 55.8 Å². The highest BCUT2D eigenvalue weighted by molar-refractivity contribution is 6.43. The van der Waals surface area contributed by atoms with Crippen molar-refractivity contribution in [3.05, 3.63) is 35.9 Å². The van der Waals surface area contributed by atoms with E-state index in [9.17, 15) is 9.59 Å². The number of ketones is 2. The summed E-state index contributed by atoms with van der Waals surface area (Å²) >= 11 is 0. The molecule has 0 radical (unpaired) electrons. The molecule has 1 spiro atoms. The van der Waals surface area contributed by atoms with E-state index in [1.54, 1.807) is 0 Å². The molecule has 4 rings (SSSR count). The largest absolute Gasteiger partial charge is 0.347 e. The summed E-state index contributed by atoms with van der Waals surface area (Å²) in [7, 11) is 0. The van der Waals surface area contributed by atoms with E-state index in [0.29, 0.717) is 32.6 Å². The van der Waals surface area contributed by atoms with Gasteiger partial charge in [0.2, 0.25) is 11.6 Å². The first-order valence-electron chi connectivity index (χ1n) is 7.34. The summed E-state index contributed by atoms with van der Waals surface area (Å²) in [6.45, 7) is 1.70. The van der Waals surface area contributed by atoms with Gasteiger partial charge in [-0.05, 0) is 5.56 Å². The van der Waals surface area contributed by atoms with Gasteiger partial charge in [0, 0.05) is 19.4 Å². The van der Waals surface area contributed by atoms with Crippen molar-refractivity contribution in [2.24, 2.45) is 0 Å². The lowest BCUT2D eigenvalue weighted by Crippen LogP contribution is -2.52. The molecule has 21 heavy (non-hydrogen) atoms. The summed E-state index contributed by atoms with van der Waals surface area (Å²) in [5, 5.41) is 0. The van der Waals surface area contributed by atoms with Crippen LogP contribution in [0.25, 0.3) is 0 Å². The Morgan fingerprint density at radius 2 is 1.57 bits per heavy atom. The molecule has 0 N–H and O–H groups in total. The van der Waals surface area contributed by atoms with Crippen molar-refractivity contribution in [1.82, 2.24) is 4.90 Å². The van der Waals surface area contributed by atoms with Crippen LogP contribution in [0.5, 0.6) is 0 Å². The number of carbonyl (C=O) groups is 2. The van der Waals surface area contributed by atoms with Crippen LogP contribution in [0.4, 0.5) is 0 Å². The second kappa shape index (κ2) is 4.73. The number of fused-ring (bicyclic) bond motifs is 2. The third-order valence-electron chi connectivity index (χ3n) is 4.68. The zero-order valence-corrected chi connectivity index (χ0v) is 11.7. The van der Waals surface area contributed by atoms with Gasteiger partial charge in [-0.2, -0.15) is 0 Å². The van der Waals surface area contributed by atoms with Crippen LogP contribution in [-0.2, 0) is 25.6 Å². The molecule has 2 bridgehead atoms. The molecule has 2 atom stereocenters. The highest BCUT2D eigenvalue weighted by Gasteiger charge is 2.59. The van der Waals surface area contributed by atoms with Crippen molar-refractivity contribution in [3.63, 3.8) is 0 Å². The van der Waals surface area contributed by atoms with E-state index in [1.807, 2.05) is 35.2 Å². The van der Waals surface area contributed by atoms with Gasteiger partial charge in [-0.1, -0.05) is 30.3 Å². The number of piperidine rings is 1. The first kappa shape index (κ1) is 13.1. The predicted molar refractivity (Wildman–Crippen MR) is 73.4 cm³/mol. The zero-order valence-electron chi connectivity index (χ0n) is 11.7. The quantitative estimate of drug-likeness (QED) is 0.757. The fraction of sp³-hybridized carbons (Fsp3) is 0.500. The van der Waals surface area contributed by atoms with Crippen LogP contribution >= 0.6 is 0 Å². The molecule has 1 aromatic rings. The van der Waals surface area contributed by atoms with Gasteiger partial charge in [-0.15, -0.1) is 0 Å². The lowest BCUT2D eigenvalue weighted by atomic mass is 9.95. The Hall–Kier alpha value is -1.56. The Labute approximate surface area is 122 Å². The number of hydrogen-bond donors (Lipinski definition) is 0. The highest BCUT2D eigenvalue weighted by atomic mass is 16.7. The summed E-state index contributed by atoms with van der Waals surface area (Å²) < 4.78 is 11.4. The summed E-state index contributed by atoms with van der Waals surface area (Å²) in [6, 6.07) is 9.11. The summed E-state index contributed by atoms with van der Waals surface area (Å²) in [5.74, 6) is -1.29. The minimum absolute atomic E-state index is 0.285. The Morgan fingerprint density at radius 1 is 1.00 bits per heavy atom. The van der Waals surface area contributed by atoms with Crippen molar-refractivity contribution in [2.75, 3.05) is 13.2 Å². The predicted octanol–water partition coefficient (Wildman–Crippen LogP) is 0.914. The molecule has 0 saturated carbocycles. The molecule has 5 heteroatoms. The van der Waals surface area contributed by atoms with E-state index in [-0.39, 0.29) is 11.6 Å². The third kappa shape index (κ3) is 2.04. The van der Waals surface area contributed by atoms with Crippen LogP contribution in [0.1, 0.15) is 18.4 Å². The average molecular weight is 287 g/mol. The van der Waals surface area contributed by atoms with Gasteiger partial charge in [-0.3, -0.25) is 14.5 Å². The third-order valence-corrected chi connectivity index (χ3v) is 4.68. The van der Waals surface area contributed by atoms with Crippen molar-refractivity contribution in [3.8, 4) is 0 Å².